The fraction of sp³-hybridized carbons (Fsp3) is 0.310. The monoisotopic (exact) mass is 605 g/mol. The first-order valence-corrected chi connectivity index (χ1v) is 15.0. The maximum Gasteiger partial charge on any atom is 0.264 e. The highest BCUT2D eigenvalue weighted by atomic mass is 35.5. The number of rotatable bonds is 12. The summed E-state index contributed by atoms with van der Waals surface area (Å²) in [6.07, 6.45) is 0.304. The third-order valence-corrected chi connectivity index (χ3v) is 8.83. The number of hydrogen-bond donors (Lipinski definition) is 1. The second-order valence-corrected chi connectivity index (χ2v) is 11.8. The number of carbonyl (C=O) groups excluding carboxylic acids is 2. The number of benzene rings is 3. The summed E-state index contributed by atoms with van der Waals surface area (Å²) in [7, 11) is -2.79. The van der Waals surface area contributed by atoms with Crippen molar-refractivity contribution in [1.29, 1.82) is 0 Å². The van der Waals surface area contributed by atoms with Crippen molar-refractivity contribution in [1.82, 2.24) is 10.2 Å². The van der Waals surface area contributed by atoms with Gasteiger partial charge in [0.05, 0.1) is 27.7 Å². The van der Waals surface area contributed by atoms with Crippen LogP contribution in [0, 0.1) is 6.92 Å². The van der Waals surface area contributed by atoms with Gasteiger partial charge in [-0.1, -0.05) is 66.0 Å². The number of carbonyl (C=O) groups is 2. The number of hydrogen-bond acceptors (Lipinski definition) is 5. The Hall–Kier alpha value is -3.27. The molecule has 0 aliphatic heterocycles. The molecule has 3 rings (SSSR count). The first-order valence-electron chi connectivity index (χ1n) is 12.8. The van der Waals surface area contributed by atoms with Gasteiger partial charge in [0.25, 0.3) is 10.0 Å². The standard InChI is InChI=1S/C29H33Cl2N3O5S/c1-5-25(29(36)32-6-2)33(18-21-13-16-23(30)24(31)17-21)28(35)19-34(26-9-7-8-10-27(26)39-4)40(37,38)22-14-11-20(3)12-15-22/h7-17,25H,5-6,18-19H2,1-4H3,(H,32,36). The Labute approximate surface area is 245 Å². The van der Waals surface area contributed by atoms with E-state index in [1.54, 1.807) is 68.4 Å². The molecule has 3 aromatic rings. The maximum absolute atomic E-state index is 14.1. The minimum Gasteiger partial charge on any atom is -0.495 e. The third kappa shape index (κ3) is 7.27. The predicted octanol–water partition coefficient (Wildman–Crippen LogP) is 5.45. The van der Waals surface area contributed by atoms with E-state index in [-0.39, 0.29) is 28.8 Å². The van der Waals surface area contributed by atoms with Crippen LogP contribution < -0.4 is 14.4 Å². The predicted molar refractivity (Wildman–Crippen MR) is 158 cm³/mol. The number of ether oxygens (including phenoxy) is 1. The van der Waals surface area contributed by atoms with Gasteiger partial charge in [-0.25, -0.2) is 8.42 Å². The minimum absolute atomic E-state index is 0.00963. The lowest BCUT2D eigenvalue weighted by molar-refractivity contribution is -0.140. The van der Waals surface area contributed by atoms with Crippen LogP contribution >= 0.6 is 23.2 Å². The largest absolute Gasteiger partial charge is 0.495 e. The first-order chi connectivity index (χ1) is 19.0. The number of methoxy groups -OCH3 is 1. The third-order valence-electron chi connectivity index (χ3n) is 6.32. The van der Waals surface area contributed by atoms with E-state index in [4.69, 9.17) is 27.9 Å². The zero-order chi connectivity index (χ0) is 29.4. The molecule has 0 fully saturated rings. The lowest BCUT2D eigenvalue weighted by atomic mass is 10.1. The van der Waals surface area contributed by atoms with Crippen LogP contribution in [0.1, 0.15) is 31.4 Å². The van der Waals surface area contributed by atoms with Crippen molar-refractivity contribution in [3.8, 4) is 5.75 Å². The second-order valence-electron chi connectivity index (χ2n) is 9.09. The molecule has 11 heteroatoms. The van der Waals surface area contributed by atoms with Crippen LogP contribution in [0.4, 0.5) is 5.69 Å². The molecular weight excluding hydrogens is 573 g/mol. The molecule has 0 heterocycles. The highest BCUT2D eigenvalue weighted by Gasteiger charge is 2.34. The van der Waals surface area contributed by atoms with Crippen molar-refractivity contribution in [2.75, 3.05) is 24.5 Å². The smallest absolute Gasteiger partial charge is 0.264 e. The number of nitrogens with one attached hydrogen (secondary N) is 1. The number of amides is 2. The number of likely N-dealkylation sites (N-methyl/N-ethyl adjacent to an activating group) is 1. The molecule has 0 aliphatic carbocycles. The molecule has 3 aromatic carbocycles. The topological polar surface area (TPSA) is 96.0 Å². The van der Waals surface area contributed by atoms with Gasteiger partial charge >= 0.3 is 0 Å². The Bertz CT molecular complexity index is 1450. The van der Waals surface area contributed by atoms with Crippen molar-refractivity contribution >= 4 is 50.7 Å². The van der Waals surface area contributed by atoms with E-state index in [9.17, 15) is 18.0 Å². The van der Waals surface area contributed by atoms with Crippen LogP contribution in [-0.4, -0.2) is 51.4 Å². The normalized spacial score (nSPS) is 11.9. The van der Waals surface area contributed by atoms with E-state index < -0.39 is 28.5 Å². The zero-order valence-electron chi connectivity index (χ0n) is 22.9. The Morgan fingerprint density at radius 3 is 2.25 bits per heavy atom. The van der Waals surface area contributed by atoms with Gasteiger partial charge in [0.2, 0.25) is 11.8 Å². The number of aryl methyl sites for hydroxylation is 1. The van der Waals surface area contributed by atoms with E-state index in [0.29, 0.717) is 28.6 Å². The van der Waals surface area contributed by atoms with E-state index in [2.05, 4.69) is 5.32 Å². The summed E-state index contributed by atoms with van der Waals surface area (Å²) in [4.78, 5) is 28.5. The van der Waals surface area contributed by atoms with E-state index in [0.717, 1.165) is 9.87 Å². The van der Waals surface area contributed by atoms with Gasteiger partial charge in [-0.15, -0.1) is 0 Å². The fourth-order valence-electron chi connectivity index (χ4n) is 4.23. The molecule has 214 valence electrons. The van der Waals surface area contributed by atoms with Crippen LogP contribution in [0.5, 0.6) is 5.75 Å². The molecule has 1 unspecified atom stereocenters. The Morgan fingerprint density at radius 2 is 1.65 bits per heavy atom. The number of sulfonamides is 1. The van der Waals surface area contributed by atoms with Crippen molar-refractivity contribution < 1.29 is 22.7 Å². The van der Waals surface area contributed by atoms with E-state index >= 15 is 0 Å². The van der Waals surface area contributed by atoms with Gasteiger partial charge in [-0.05, 0) is 62.2 Å². The summed E-state index contributed by atoms with van der Waals surface area (Å²) in [5.41, 5.74) is 1.72. The summed E-state index contributed by atoms with van der Waals surface area (Å²) < 4.78 is 34.4. The number of nitrogens with zero attached hydrogens (tertiary/aromatic N) is 2. The average molecular weight is 607 g/mol. The maximum atomic E-state index is 14.1. The van der Waals surface area contributed by atoms with Gasteiger partial charge in [0.15, 0.2) is 0 Å². The summed E-state index contributed by atoms with van der Waals surface area (Å²) in [6, 6.07) is 17.0. The molecule has 1 atom stereocenters. The SMILES string of the molecule is CCNC(=O)C(CC)N(Cc1ccc(Cl)c(Cl)c1)C(=O)CN(c1ccccc1OC)S(=O)(=O)c1ccc(C)cc1. The number of anilines is 1. The van der Waals surface area contributed by atoms with Gasteiger partial charge in [-0.3, -0.25) is 13.9 Å². The van der Waals surface area contributed by atoms with Gasteiger partial charge in [-0.2, -0.15) is 0 Å². The number of para-hydroxylation sites is 2. The molecular formula is C29H33Cl2N3O5S. The molecule has 2 amide bonds. The number of halogens is 2. The molecule has 0 aliphatic rings. The highest BCUT2D eigenvalue weighted by molar-refractivity contribution is 7.92. The minimum atomic E-state index is -4.21. The summed E-state index contributed by atoms with van der Waals surface area (Å²) >= 11 is 12.3. The zero-order valence-corrected chi connectivity index (χ0v) is 25.2. The molecule has 0 saturated heterocycles. The Balaban J connectivity index is 2.11. The average Bonchev–Trinajstić information content (AvgIpc) is 2.93. The van der Waals surface area contributed by atoms with Crippen molar-refractivity contribution in [2.45, 2.75) is 44.7 Å². The van der Waals surface area contributed by atoms with Gasteiger partial charge < -0.3 is 15.0 Å². The molecule has 0 spiro atoms. The highest BCUT2D eigenvalue weighted by Crippen LogP contribution is 2.33. The van der Waals surface area contributed by atoms with Crippen LogP contribution in [0.25, 0.3) is 0 Å². The molecule has 1 N–H and O–H groups in total. The van der Waals surface area contributed by atoms with Crippen LogP contribution in [0.3, 0.4) is 0 Å². The van der Waals surface area contributed by atoms with Gasteiger partial charge in [0, 0.05) is 13.1 Å². The summed E-state index contributed by atoms with van der Waals surface area (Å²) in [5.74, 6) is -0.646. The van der Waals surface area contributed by atoms with Crippen molar-refractivity contribution in [2.24, 2.45) is 0 Å². The van der Waals surface area contributed by atoms with E-state index in [1.165, 1.54) is 24.1 Å². The van der Waals surface area contributed by atoms with Crippen LogP contribution in [0.2, 0.25) is 10.0 Å². The fourth-order valence-corrected chi connectivity index (χ4v) is 5.98. The quantitative estimate of drug-likeness (QED) is 0.296. The van der Waals surface area contributed by atoms with E-state index in [1.807, 2.05) is 6.92 Å². The lowest BCUT2D eigenvalue weighted by Crippen LogP contribution is -2.52. The van der Waals surface area contributed by atoms with Crippen molar-refractivity contribution in [3.63, 3.8) is 0 Å². The molecule has 0 aromatic heterocycles. The first kappa shape index (κ1) is 31.3. The van der Waals surface area contributed by atoms with Gasteiger partial charge in [0.1, 0.15) is 18.3 Å². The molecule has 40 heavy (non-hydrogen) atoms. The summed E-state index contributed by atoms with van der Waals surface area (Å²) in [6.45, 7) is 5.23. The lowest BCUT2D eigenvalue weighted by Gasteiger charge is -2.33. The molecule has 8 nitrogen and oxygen atoms in total. The van der Waals surface area contributed by atoms with Crippen molar-refractivity contribution in [3.05, 3.63) is 87.9 Å². The Morgan fingerprint density at radius 1 is 0.975 bits per heavy atom. The van der Waals surface area contributed by atoms with Crippen LogP contribution in [-0.2, 0) is 26.2 Å². The molecule has 0 bridgehead atoms. The second kappa shape index (κ2) is 13.9. The summed E-state index contributed by atoms with van der Waals surface area (Å²) in [5, 5.41) is 3.42. The Kier molecular flexibility index (Phi) is 10.8. The molecule has 0 saturated carbocycles. The van der Waals surface area contributed by atoms with Crippen LogP contribution in [0.15, 0.2) is 71.6 Å². The molecule has 0 radical (unpaired) electrons.